The number of carbonyl (C=O) groups excluding carboxylic acids is 3. The number of nitrogens with zero attached hydrogens (tertiary/aromatic N) is 1. The first-order valence-electron chi connectivity index (χ1n) is 28.5. The van der Waals surface area contributed by atoms with Crippen LogP contribution in [0, 0.1) is 0 Å². The smallest absolute Gasteiger partial charge is 0.306 e. The molecular weight excluding hydrogens is 859 g/mol. The maximum absolute atomic E-state index is 12.8. The second kappa shape index (κ2) is 51.1. The molecule has 0 radical (unpaired) electrons. The number of carbonyl (C=O) groups is 3. The van der Waals surface area contributed by atoms with E-state index >= 15 is 0 Å². The molecule has 0 bridgehead atoms. The lowest BCUT2D eigenvalue weighted by Gasteiger charge is -2.34. The van der Waals surface area contributed by atoms with Gasteiger partial charge in [0.1, 0.15) is 12.6 Å². The normalized spacial score (nSPS) is 13.3. The van der Waals surface area contributed by atoms with Crippen molar-refractivity contribution in [3.63, 3.8) is 0 Å². The third-order valence-corrected chi connectivity index (χ3v) is 12.6. The molecule has 69 heavy (non-hydrogen) atoms. The predicted molar refractivity (Wildman–Crippen MR) is 291 cm³/mol. The first-order valence-corrected chi connectivity index (χ1v) is 28.5. The van der Waals surface area contributed by atoms with E-state index in [1.54, 1.807) is 21.1 Å². The second-order valence-corrected chi connectivity index (χ2v) is 20.1. The molecule has 2 unspecified atom stereocenters. The van der Waals surface area contributed by atoms with Crippen LogP contribution in [0.5, 0.6) is 0 Å². The van der Waals surface area contributed by atoms with Crippen LogP contribution in [-0.2, 0) is 28.6 Å². The summed E-state index contributed by atoms with van der Waals surface area (Å²) < 4.78 is 17.3. The van der Waals surface area contributed by atoms with Gasteiger partial charge in [-0.1, -0.05) is 215 Å². The first kappa shape index (κ1) is 65.8. The lowest BCUT2D eigenvalue weighted by Crippen LogP contribution is -2.55. The van der Waals surface area contributed by atoms with Gasteiger partial charge < -0.3 is 28.6 Å². The van der Waals surface area contributed by atoms with Crippen LogP contribution >= 0.6 is 0 Å². The van der Waals surface area contributed by atoms with Crippen LogP contribution in [0.15, 0.2) is 72.9 Å². The number of ether oxygens (including phenoxy) is 3. The van der Waals surface area contributed by atoms with Gasteiger partial charge in [-0.05, 0) is 83.5 Å². The Bertz CT molecular complexity index is 1360. The van der Waals surface area contributed by atoms with Gasteiger partial charge in [0.05, 0.1) is 40.3 Å². The minimum Gasteiger partial charge on any atom is -0.544 e. The maximum Gasteiger partial charge on any atom is 0.306 e. The quantitative estimate of drug-likeness (QED) is 0.0259. The molecule has 8 nitrogen and oxygen atoms in total. The standard InChI is InChI=1S/C61H107NO7/c1-6-8-10-12-14-16-18-20-22-24-26-28-30-32-34-36-38-40-42-44-46-48-50-52-60(64)69-57(55-67-54-53-58(61(65)66)62(3,4)5)56-68-59(63)51-49-47-45-43-41-39-37-35-33-31-29-27-25-23-21-19-17-15-13-11-9-7-2/h9,11,15,17,21,23,27,29,32-35,57-58H,6-8,10,12-14,16,18-20,22,24-26,28,30-31,36-56H2,1-5H3/b11-9+,17-15+,23-21+,29-27+,34-32+,35-33+. The Balaban J connectivity index is 4.22. The van der Waals surface area contributed by atoms with Crippen molar-refractivity contribution in [3.8, 4) is 0 Å². The van der Waals surface area contributed by atoms with E-state index in [0.717, 1.165) is 83.5 Å². The molecule has 0 saturated heterocycles. The number of carboxylic acid groups (broad SMARTS) is 1. The zero-order valence-corrected chi connectivity index (χ0v) is 45.5. The molecule has 398 valence electrons. The Morgan fingerprint density at radius 3 is 1.22 bits per heavy atom. The zero-order valence-electron chi connectivity index (χ0n) is 45.5. The number of carboxylic acids is 1. The molecule has 0 heterocycles. The summed E-state index contributed by atoms with van der Waals surface area (Å²) in [5.41, 5.74) is 0. The molecule has 0 saturated carbocycles. The summed E-state index contributed by atoms with van der Waals surface area (Å²) in [5, 5.41) is 11.7. The van der Waals surface area contributed by atoms with E-state index < -0.39 is 18.1 Å². The van der Waals surface area contributed by atoms with Crippen LogP contribution in [0.4, 0.5) is 0 Å². The highest BCUT2D eigenvalue weighted by atomic mass is 16.6. The Kier molecular flexibility index (Phi) is 48.7. The van der Waals surface area contributed by atoms with E-state index in [1.807, 2.05) is 0 Å². The first-order chi connectivity index (χ1) is 33.6. The second-order valence-electron chi connectivity index (χ2n) is 20.1. The molecule has 0 amide bonds. The average molecular weight is 967 g/mol. The summed E-state index contributed by atoms with van der Waals surface area (Å²) in [7, 11) is 5.41. The van der Waals surface area contributed by atoms with Crippen LogP contribution in [0.1, 0.15) is 245 Å². The van der Waals surface area contributed by atoms with Gasteiger partial charge in [0.25, 0.3) is 0 Å². The fourth-order valence-electron chi connectivity index (χ4n) is 8.21. The third kappa shape index (κ3) is 49.5. The van der Waals surface area contributed by atoms with Crippen molar-refractivity contribution in [2.24, 2.45) is 0 Å². The number of hydrogen-bond acceptors (Lipinski definition) is 7. The average Bonchev–Trinajstić information content (AvgIpc) is 3.31. The number of unbranched alkanes of at least 4 members (excludes halogenated alkanes) is 25. The minimum atomic E-state index is -1.13. The van der Waals surface area contributed by atoms with Crippen LogP contribution in [0.2, 0.25) is 0 Å². The molecular formula is C61H107NO7. The van der Waals surface area contributed by atoms with E-state index in [2.05, 4.69) is 86.8 Å². The Morgan fingerprint density at radius 1 is 0.449 bits per heavy atom. The van der Waals surface area contributed by atoms with Gasteiger partial charge in [0, 0.05) is 19.3 Å². The summed E-state index contributed by atoms with van der Waals surface area (Å²) in [6.45, 7) is 4.56. The van der Waals surface area contributed by atoms with Crippen LogP contribution in [0.25, 0.3) is 0 Å². The number of rotatable bonds is 51. The van der Waals surface area contributed by atoms with E-state index in [0.29, 0.717) is 12.8 Å². The lowest BCUT2D eigenvalue weighted by molar-refractivity contribution is -0.889. The van der Waals surface area contributed by atoms with Crippen molar-refractivity contribution in [2.45, 2.75) is 257 Å². The molecule has 8 heteroatoms. The molecule has 0 aliphatic heterocycles. The van der Waals surface area contributed by atoms with Crippen molar-refractivity contribution >= 4 is 17.9 Å². The fraction of sp³-hybridized carbons (Fsp3) is 0.754. The number of likely N-dealkylation sites (N-methyl/N-ethyl adjacent to an activating group) is 1. The third-order valence-electron chi connectivity index (χ3n) is 12.6. The SMILES string of the molecule is CC/C=C/C/C=C/C/C=C/C/C=C/C/C=C/CCCCCCCCC(=O)OCC(COCCC(C(=O)[O-])[N+](C)(C)C)OC(=O)CCCCCCCCC/C=C/CCCCCCCCCCCCCC. The van der Waals surface area contributed by atoms with Gasteiger partial charge in [-0.3, -0.25) is 9.59 Å². The van der Waals surface area contributed by atoms with Gasteiger partial charge >= 0.3 is 11.9 Å². The van der Waals surface area contributed by atoms with Gasteiger partial charge in [-0.15, -0.1) is 0 Å². The van der Waals surface area contributed by atoms with Crippen LogP contribution in [-0.4, -0.2) is 75.5 Å². The van der Waals surface area contributed by atoms with E-state index in [9.17, 15) is 19.5 Å². The van der Waals surface area contributed by atoms with Crippen molar-refractivity contribution < 1.29 is 38.2 Å². The highest BCUT2D eigenvalue weighted by molar-refractivity contribution is 5.70. The van der Waals surface area contributed by atoms with Gasteiger partial charge in [-0.2, -0.15) is 0 Å². The summed E-state index contributed by atoms with van der Waals surface area (Å²) >= 11 is 0. The van der Waals surface area contributed by atoms with Gasteiger partial charge in [0.2, 0.25) is 0 Å². The van der Waals surface area contributed by atoms with Crippen molar-refractivity contribution in [1.82, 2.24) is 0 Å². The molecule has 0 fully saturated rings. The molecule has 0 aliphatic rings. The van der Waals surface area contributed by atoms with Gasteiger partial charge in [-0.25, -0.2) is 0 Å². The number of allylic oxidation sites excluding steroid dienone is 12. The highest BCUT2D eigenvalue weighted by Crippen LogP contribution is 2.15. The largest absolute Gasteiger partial charge is 0.544 e. The molecule has 0 spiro atoms. The number of quaternary nitrogens is 1. The Labute approximate surface area is 425 Å². The summed E-state index contributed by atoms with van der Waals surface area (Å²) in [6, 6.07) is -0.733. The van der Waals surface area contributed by atoms with Crippen molar-refractivity contribution in [1.29, 1.82) is 0 Å². The number of hydrogen-bond donors (Lipinski definition) is 0. The molecule has 0 rings (SSSR count). The summed E-state index contributed by atoms with van der Waals surface area (Å²) in [4.78, 5) is 37.2. The van der Waals surface area contributed by atoms with Crippen molar-refractivity contribution in [3.05, 3.63) is 72.9 Å². The number of esters is 2. The Morgan fingerprint density at radius 2 is 0.812 bits per heavy atom. The summed E-state index contributed by atoms with van der Waals surface area (Å²) in [5.74, 6) is -1.76. The number of aliphatic carboxylic acids is 1. The molecule has 2 atom stereocenters. The zero-order chi connectivity index (χ0) is 50.6. The van der Waals surface area contributed by atoms with E-state index in [1.165, 1.54) is 128 Å². The monoisotopic (exact) mass is 966 g/mol. The lowest BCUT2D eigenvalue weighted by atomic mass is 10.0. The molecule has 0 aliphatic carbocycles. The molecule has 0 aromatic rings. The molecule has 0 N–H and O–H groups in total. The molecule has 0 aromatic heterocycles. The van der Waals surface area contributed by atoms with Gasteiger partial charge in [0.15, 0.2) is 6.10 Å². The Hall–Kier alpha value is -3.23. The van der Waals surface area contributed by atoms with E-state index in [-0.39, 0.29) is 42.7 Å². The predicted octanol–water partition coefficient (Wildman–Crippen LogP) is 15.7. The van der Waals surface area contributed by atoms with Crippen molar-refractivity contribution in [2.75, 3.05) is 41.0 Å². The van der Waals surface area contributed by atoms with Crippen LogP contribution < -0.4 is 5.11 Å². The molecule has 0 aromatic carbocycles. The minimum absolute atomic E-state index is 0.0319. The van der Waals surface area contributed by atoms with Crippen LogP contribution in [0.3, 0.4) is 0 Å². The topological polar surface area (TPSA) is 102 Å². The fourth-order valence-corrected chi connectivity index (χ4v) is 8.21. The van der Waals surface area contributed by atoms with E-state index in [4.69, 9.17) is 14.2 Å². The summed E-state index contributed by atoms with van der Waals surface area (Å²) in [6.07, 6.45) is 66.6. The maximum atomic E-state index is 12.8. The highest BCUT2D eigenvalue weighted by Gasteiger charge is 2.25.